The minimum absolute atomic E-state index is 0. The predicted molar refractivity (Wildman–Crippen MR) is 182 cm³/mol. The first-order chi connectivity index (χ1) is 25.4. The Kier molecular flexibility index (Phi) is 17.3. The van der Waals surface area contributed by atoms with Gasteiger partial charge >= 0.3 is 94.8 Å². The van der Waals surface area contributed by atoms with Crippen LogP contribution in [0, 0.1) is 0 Å². The molecule has 0 spiro atoms. The van der Waals surface area contributed by atoms with Gasteiger partial charge in [0, 0.05) is 30.6 Å². The maximum atomic E-state index is 13.6. The number of hydrogen-bond donors (Lipinski definition) is 2. The second kappa shape index (κ2) is 19.6. The number of nitrogens with zero attached hydrogens (tertiary/aromatic N) is 5. The van der Waals surface area contributed by atoms with E-state index in [1.165, 1.54) is 43.3 Å². The van der Waals surface area contributed by atoms with E-state index in [4.69, 9.17) is 0 Å². The summed E-state index contributed by atoms with van der Waals surface area (Å²) in [6.07, 6.45) is -4.99. The zero-order valence-corrected chi connectivity index (χ0v) is 39.0. The summed E-state index contributed by atoms with van der Waals surface area (Å²) in [5, 5.41) is 12.6. The first-order valence-corrected chi connectivity index (χ1v) is 19.0. The Morgan fingerprint density at radius 3 is 1.66 bits per heavy atom. The Morgan fingerprint density at radius 2 is 1.16 bits per heavy atom. The topological polar surface area (TPSA) is 284 Å². The van der Waals surface area contributed by atoms with E-state index in [2.05, 4.69) is 30.8 Å². The average molecular weight is 890 g/mol. The molecule has 0 aliphatic carbocycles. The number of fused-ring (bicyclic) bond motifs is 1. The SMILES string of the molecule is CN(C)c1c(NC(=O)c2cccc(S(=O)(=O)[O-])c2)cc(N=Nc2nc(C(F)(F)F)nc3ccccc23)cc1NC(=O)c1cc(S(=O)(=O)[O-])cc(S(=O)(=O)[O-])c1.[Na+].[Na+].[Na+]. The number of rotatable bonds is 10. The number of nitrogens with one attached hydrogen (secondary N) is 2. The molecular formula is C31H21F3N7Na3O11S3. The van der Waals surface area contributed by atoms with Gasteiger partial charge in [-0.25, -0.2) is 35.2 Å². The van der Waals surface area contributed by atoms with E-state index in [9.17, 15) is 61.7 Å². The number of amides is 2. The molecule has 5 aromatic rings. The molecule has 5 rings (SSSR count). The second-order valence-electron chi connectivity index (χ2n) is 11.4. The van der Waals surface area contributed by atoms with Gasteiger partial charge < -0.3 is 29.2 Å². The van der Waals surface area contributed by atoms with E-state index in [0.717, 1.165) is 36.4 Å². The van der Waals surface area contributed by atoms with Gasteiger partial charge in [0.05, 0.1) is 43.0 Å². The number of para-hydroxylation sites is 1. The van der Waals surface area contributed by atoms with Crippen LogP contribution in [-0.4, -0.2) is 74.8 Å². The number of anilines is 3. The van der Waals surface area contributed by atoms with E-state index in [1.807, 2.05) is 0 Å². The molecule has 0 atom stereocenters. The molecule has 0 bridgehead atoms. The molecule has 288 valence electrons. The number of hydrogen-bond acceptors (Lipinski definition) is 16. The minimum atomic E-state index is -5.42. The van der Waals surface area contributed by atoms with Gasteiger partial charge in [0.25, 0.3) is 11.8 Å². The number of benzene rings is 4. The molecule has 58 heavy (non-hydrogen) atoms. The van der Waals surface area contributed by atoms with Crippen LogP contribution in [0.1, 0.15) is 26.5 Å². The zero-order valence-electron chi connectivity index (χ0n) is 30.6. The third kappa shape index (κ3) is 12.6. The van der Waals surface area contributed by atoms with E-state index >= 15 is 0 Å². The molecule has 27 heteroatoms. The number of azo groups is 1. The summed E-state index contributed by atoms with van der Waals surface area (Å²) in [6, 6.07) is 12.9. The number of alkyl halides is 3. The van der Waals surface area contributed by atoms with Gasteiger partial charge in [0.1, 0.15) is 30.4 Å². The largest absolute Gasteiger partial charge is 1.00 e. The Hall–Kier alpha value is -2.92. The smallest absolute Gasteiger partial charge is 0.744 e. The fraction of sp³-hybridized carbons (Fsp3) is 0.0968. The van der Waals surface area contributed by atoms with Crippen molar-refractivity contribution in [3.8, 4) is 0 Å². The number of halogens is 3. The number of carbonyl (C=O) groups excluding carboxylic acids is 2. The molecule has 0 saturated carbocycles. The monoisotopic (exact) mass is 889 g/mol. The third-order valence-electron chi connectivity index (χ3n) is 7.24. The molecule has 0 aliphatic heterocycles. The van der Waals surface area contributed by atoms with Gasteiger partial charge in [-0.1, -0.05) is 18.2 Å². The van der Waals surface area contributed by atoms with Crippen molar-refractivity contribution in [1.29, 1.82) is 0 Å². The van der Waals surface area contributed by atoms with Gasteiger partial charge in [-0.05, 0) is 60.7 Å². The molecule has 18 nitrogen and oxygen atoms in total. The number of aromatic nitrogens is 2. The van der Waals surface area contributed by atoms with Crippen molar-refractivity contribution < 1.29 is 150 Å². The van der Waals surface area contributed by atoms with Crippen LogP contribution in [-0.2, 0) is 36.5 Å². The van der Waals surface area contributed by atoms with E-state index in [0.29, 0.717) is 12.1 Å². The molecule has 2 N–H and O–H groups in total. The first-order valence-electron chi connectivity index (χ1n) is 14.8. The maximum Gasteiger partial charge on any atom is 1.00 e. The average Bonchev–Trinajstić information content (AvgIpc) is 3.08. The Bertz CT molecular complexity index is 2730. The van der Waals surface area contributed by atoms with Crippen molar-refractivity contribution in [2.45, 2.75) is 20.9 Å². The Labute approximate surface area is 394 Å². The van der Waals surface area contributed by atoms with Crippen LogP contribution in [0.15, 0.2) is 104 Å². The van der Waals surface area contributed by atoms with Crippen molar-refractivity contribution in [3.63, 3.8) is 0 Å². The molecule has 1 aromatic heterocycles. The molecule has 0 fully saturated rings. The Morgan fingerprint density at radius 1 is 0.655 bits per heavy atom. The molecule has 0 aliphatic rings. The molecule has 0 saturated heterocycles. The van der Waals surface area contributed by atoms with Crippen LogP contribution in [0.5, 0.6) is 0 Å². The standard InChI is InChI=1S/C31H24F3N7O11S3.3Na/c1-41(2)26-24(35-28(42)16-6-5-7-19(10-16)53(44,45)46)13-18(39-40-27-22-8-3-4-9-23(22)37-30(38-27)31(32,33)34)14-25(26)36-29(43)17-11-20(54(47,48)49)15-21(12-17)55(50,51)52;;;/h3-15H,1-2H3,(H,35,42)(H,36,43)(H,44,45,46)(H,47,48,49)(H,50,51,52);;;/q;3*+1/p-3. The summed E-state index contributed by atoms with van der Waals surface area (Å²) in [7, 11) is -13.0. The molecule has 4 aromatic carbocycles. The van der Waals surface area contributed by atoms with E-state index in [-0.39, 0.29) is 134 Å². The maximum absolute atomic E-state index is 13.6. The summed E-state index contributed by atoms with van der Waals surface area (Å²) in [5.41, 5.74) is -2.23. The van der Waals surface area contributed by atoms with Gasteiger partial charge in [-0.15, -0.1) is 10.2 Å². The summed E-state index contributed by atoms with van der Waals surface area (Å²) in [5.74, 6) is -4.43. The predicted octanol–water partition coefficient (Wildman–Crippen LogP) is -4.64. The normalized spacial score (nSPS) is 11.9. The van der Waals surface area contributed by atoms with E-state index in [1.54, 1.807) is 0 Å². The first kappa shape index (κ1) is 51.2. The van der Waals surface area contributed by atoms with Gasteiger partial charge in [0.15, 0.2) is 5.82 Å². The summed E-state index contributed by atoms with van der Waals surface area (Å²) < 4.78 is 146. The summed E-state index contributed by atoms with van der Waals surface area (Å²) >= 11 is 0. The molecular weight excluding hydrogens is 869 g/mol. The quantitative estimate of drug-likeness (QED) is 0.0758. The van der Waals surface area contributed by atoms with Crippen LogP contribution in [0.2, 0.25) is 0 Å². The van der Waals surface area contributed by atoms with Crippen molar-refractivity contribution >= 4 is 81.6 Å². The molecule has 0 radical (unpaired) electrons. The Balaban J connectivity index is 0.00000387. The number of carbonyl (C=O) groups is 2. The fourth-order valence-electron chi connectivity index (χ4n) is 4.89. The molecule has 2 amide bonds. The van der Waals surface area contributed by atoms with Crippen molar-refractivity contribution in [1.82, 2.24) is 9.97 Å². The van der Waals surface area contributed by atoms with Crippen LogP contribution < -0.4 is 104 Å². The zero-order chi connectivity index (χ0) is 40.7. The fourth-order valence-corrected chi connectivity index (χ4v) is 6.57. The third-order valence-corrected chi connectivity index (χ3v) is 9.70. The second-order valence-corrected chi connectivity index (χ2v) is 15.5. The minimum Gasteiger partial charge on any atom is -0.744 e. The molecule has 0 unspecified atom stereocenters. The van der Waals surface area contributed by atoms with E-state index < -0.39 is 80.2 Å². The van der Waals surface area contributed by atoms with Crippen molar-refractivity contribution in [2.24, 2.45) is 10.2 Å². The van der Waals surface area contributed by atoms with Crippen molar-refractivity contribution in [2.75, 3.05) is 29.6 Å². The summed E-state index contributed by atoms with van der Waals surface area (Å²) in [4.78, 5) is 32.0. The van der Waals surface area contributed by atoms with Crippen LogP contribution >= 0.6 is 0 Å². The van der Waals surface area contributed by atoms with Gasteiger partial charge in [-0.3, -0.25) is 9.59 Å². The van der Waals surface area contributed by atoms with Crippen LogP contribution in [0.4, 0.5) is 41.7 Å². The summed E-state index contributed by atoms with van der Waals surface area (Å²) in [6.45, 7) is 0. The van der Waals surface area contributed by atoms with Crippen LogP contribution in [0.25, 0.3) is 10.9 Å². The van der Waals surface area contributed by atoms with Gasteiger partial charge in [-0.2, -0.15) is 13.2 Å². The van der Waals surface area contributed by atoms with Crippen molar-refractivity contribution in [3.05, 3.63) is 95.8 Å². The van der Waals surface area contributed by atoms with Crippen LogP contribution in [0.3, 0.4) is 0 Å². The molecule has 1 heterocycles. The van der Waals surface area contributed by atoms with Gasteiger partial charge in [0.2, 0.25) is 5.82 Å².